The van der Waals surface area contributed by atoms with E-state index in [2.05, 4.69) is 0 Å². The molecule has 0 amide bonds. The first kappa shape index (κ1) is 10.8. The van der Waals surface area contributed by atoms with Crippen LogP contribution in [0, 0.1) is 6.92 Å². The van der Waals surface area contributed by atoms with Crippen LogP contribution < -0.4 is 0 Å². The summed E-state index contributed by atoms with van der Waals surface area (Å²) in [6, 6.07) is 7.99. The normalized spacial score (nSPS) is 19.6. The Balaban J connectivity index is 2.08. The number of aliphatic hydroxyl groups is 1. The minimum Gasteiger partial charge on any atom is -0.458 e. The third-order valence-electron chi connectivity index (χ3n) is 3.52. The summed E-state index contributed by atoms with van der Waals surface area (Å²) < 4.78 is 11.1. The summed E-state index contributed by atoms with van der Waals surface area (Å²) in [5.41, 5.74) is 1.12. The molecule has 0 bridgehead atoms. The average Bonchev–Trinajstić information content (AvgIpc) is 2.76. The van der Waals surface area contributed by atoms with Crippen molar-refractivity contribution in [3.8, 4) is 0 Å². The lowest BCUT2D eigenvalue weighted by Gasteiger charge is -2.29. The van der Waals surface area contributed by atoms with Crippen molar-refractivity contribution >= 4 is 11.0 Å². The third-order valence-corrected chi connectivity index (χ3v) is 3.52. The van der Waals surface area contributed by atoms with Crippen LogP contribution in [0.4, 0.5) is 0 Å². The molecule has 1 aromatic heterocycles. The van der Waals surface area contributed by atoms with Gasteiger partial charge in [0.15, 0.2) is 0 Å². The van der Waals surface area contributed by atoms with Crippen LogP contribution in [0.5, 0.6) is 0 Å². The van der Waals surface area contributed by atoms with Crippen molar-refractivity contribution in [2.45, 2.75) is 25.4 Å². The molecule has 1 aliphatic rings. The Morgan fingerprint density at radius 3 is 2.71 bits per heavy atom. The van der Waals surface area contributed by atoms with Gasteiger partial charge in [-0.15, -0.1) is 0 Å². The molecule has 0 radical (unpaired) electrons. The summed E-state index contributed by atoms with van der Waals surface area (Å²) in [6.07, 6.45) is 1.21. The zero-order chi connectivity index (χ0) is 11.9. The monoisotopic (exact) mass is 232 g/mol. The minimum atomic E-state index is -0.857. The highest BCUT2D eigenvalue weighted by atomic mass is 16.5. The highest BCUT2D eigenvalue weighted by molar-refractivity contribution is 5.81. The Hall–Kier alpha value is -1.32. The maximum Gasteiger partial charge on any atom is 0.137 e. The zero-order valence-electron chi connectivity index (χ0n) is 9.90. The number of aryl methyl sites for hydroxylation is 1. The predicted molar refractivity (Wildman–Crippen MR) is 64.9 cm³/mol. The van der Waals surface area contributed by atoms with Gasteiger partial charge in [0.1, 0.15) is 16.9 Å². The van der Waals surface area contributed by atoms with Crippen LogP contribution in [0.15, 0.2) is 28.7 Å². The van der Waals surface area contributed by atoms with E-state index in [0.29, 0.717) is 31.8 Å². The molecule has 1 N–H and O–H groups in total. The lowest BCUT2D eigenvalue weighted by atomic mass is 9.91. The molecular formula is C14H16O3. The van der Waals surface area contributed by atoms with E-state index in [1.165, 1.54) is 0 Å². The molecule has 1 aliphatic heterocycles. The van der Waals surface area contributed by atoms with Gasteiger partial charge in [0, 0.05) is 31.4 Å². The summed E-state index contributed by atoms with van der Waals surface area (Å²) in [5.74, 6) is 0.671. The van der Waals surface area contributed by atoms with Gasteiger partial charge in [-0.1, -0.05) is 18.2 Å². The molecule has 1 aromatic carbocycles. The second-order valence-corrected chi connectivity index (χ2v) is 4.75. The van der Waals surface area contributed by atoms with Crippen LogP contribution in [0.3, 0.4) is 0 Å². The van der Waals surface area contributed by atoms with E-state index in [9.17, 15) is 5.11 Å². The highest BCUT2D eigenvalue weighted by Gasteiger charge is 2.35. The van der Waals surface area contributed by atoms with Crippen LogP contribution >= 0.6 is 0 Å². The summed E-state index contributed by atoms with van der Waals surface area (Å²) in [5, 5.41) is 11.6. The fourth-order valence-electron chi connectivity index (χ4n) is 2.39. The van der Waals surface area contributed by atoms with Gasteiger partial charge in [0.2, 0.25) is 0 Å². The summed E-state index contributed by atoms with van der Waals surface area (Å²) >= 11 is 0. The van der Waals surface area contributed by atoms with Crippen molar-refractivity contribution in [3.63, 3.8) is 0 Å². The maximum absolute atomic E-state index is 10.6. The largest absolute Gasteiger partial charge is 0.458 e. The van der Waals surface area contributed by atoms with Gasteiger partial charge < -0.3 is 14.3 Å². The molecule has 3 nitrogen and oxygen atoms in total. The number of benzene rings is 1. The fourth-order valence-corrected chi connectivity index (χ4v) is 2.39. The van der Waals surface area contributed by atoms with Crippen molar-refractivity contribution < 1.29 is 14.3 Å². The van der Waals surface area contributed by atoms with E-state index in [-0.39, 0.29) is 0 Å². The summed E-state index contributed by atoms with van der Waals surface area (Å²) in [7, 11) is 0. The minimum absolute atomic E-state index is 0.590. The molecule has 1 saturated heterocycles. The Kier molecular flexibility index (Phi) is 2.45. The first-order valence-electron chi connectivity index (χ1n) is 5.99. The molecule has 0 spiro atoms. The molecule has 0 unspecified atom stereocenters. The average molecular weight is 232 g/mol. The Bertz CT molecular complexity index is 535. The maximum atomic E-state index is 10.6. The quantitative estimate of drug-likeness (QED) is 0.822. The number of furan rings is 1. The molecule has 0 atom stereocenters. The van der Waals surface area contributed by atoms with Crippen molar-refractivity contribution in [1.29, 1.82) is 0 Å². The summed E-state index contributed by atoms with van der Waals surface area (Å²) in [4.78, 5) is 0. The van der Waals surface area contributed by atoms with Crippen molar-refractivity contribution in [3.05, 3.63) is 35.6 Å². The van der Waals surface area contributed by atoms with E-state index in [0.717, 1.165) is 16.5 Å². The Labute approximate surface area is 100.0 Å². The van der Waals surface area contributed by atoms with Crippen LogP contribution in [-0.4, -0.2) is 18.3 Å². The number of para-hydroxylation sites is 1. The van der Waals surface area contributed by atoms with Crippen LogP contribution in [-0.2, 0) is 10.3 Å². The highest BCUT2D eigenvalue weighted by Crippen LogP contribution is 2.36. The van der Waals surface area contributed by atoms with Gasteiger partial charge in [-0.3, -0.25) is 0 Å². The second kappa shape index (κ2) is 3.86. The molecular weight excluding hydrogens is 216 g/mol. The van der Waals surface area contributed by atoms with E-state index in [4.69, 9.17) is 9.15 Å². The van der Waals surface area contributed by atoms with Crippen LogP contribution in [0.2, 0.25) is 0 Å². The topological polar surface area (TPSA) is 42.6 Å². The molecule has 2 heterocycles. The Morgan fingerprint density at radius 1 is 1.24 bits per heavy atom. The lowest BCUT2D eigenvalue weighted by molar-refractivity contribution is -0.0793. The van der Waals surface area contributed by atoms with Gasteiger partial charge in [0.25, 0.3) is 0 Å². The second-order valence-electron chi connectivity index (χ2n) is 4.75. The summed E-state index contributed by atoms with van der Waals surface area (Å²) in [6.45, 7) is 3.20. The van der Waals surface area contributed by atoms with Gasteiger partial charge in [-0.25, -0.2) is 0 Å². The zero-order valence-corrected chi connectivity index (χ0v) is 9.90. The number of ether oxygens (including phenoxy) is 1. The standard InChI is InChI=1S/C14H16O3/c1-10-3-2-4-11-9-12(17-13(10)11)14(15)5-7-16-8-6-14/h2-4,9,15H,5-8H2,1H3. The Morgan fingerprint density at radius 2 is 2.00 bits per heavy atom. The molecule has 3 heteroatoms. The van der Waals surface area contributed by atoms with E-state index in [1.54, 1.807) is 0 Å². The number of hydrogen-bond donors (Lipinski definition) is 1. The smallest absolute Gasteiger partial charge is 0.137 e. The molecule has 2 aromatic rings. The SMILES string of the molecule is Cc1cccc2cc(C3(O)CCOCC3)oc12. The number of fused-ring (bicyclic) bond motifs is 1. The first-order chi connectivity index (χ1) is 8.19. The molecule has 17 heavy (non-hydrogen) atoms. The van der Waals surface area contributed by atoms with E-state index >= 15 is 0 Å². The van der Waals surface area contributed by atoms with Crippen molar-refractivity contribution in [1.82, 2.24) is 0 Å². The van der Waals surface area contributed by atoms with Gasteiger partial charge in [-0.2, -0.15) is 0 Å². The van der Waals surface area contributed by atoms with Crippen LogP contribution in [0.25, 0.3) is 11.0 Å². The van der Waals surface area contributed by atoms with Gasteiger partial charge in [-0.05, 0) is 18.6 Å². The predicted octanol–water partition coefficient (Wildman–Crippen LogP) is 2.74. The number of rotatable bonds is 1. The molecule has 3 rings (SSSR count). The van der Waals surface area contributed by atoms with Crippen LogP contribution in [0.1, 0.15) is 24.2 Å². The first-order valence-corrected chi connectivity index (χ1v) is 5.99. The van der Waals surface area contributed by atoms with E-state index in [1.807, 2.05) is 31.2 Å². The molecule has 90 valence electrons. The van der Waals surface area contributed by atoms with Gasteiger partial charge in [0.05, 0.1) is 0 Å². The molecule has 0 saturated carbocycles. The molecule has 0 aliphatic carbocycles. The third kappa shape index (κ3) is 1.75. The van der Waals surface area contributed by atoms with Crippen molar-refractivity contribution in [2.75, 3.05) is 13.2 Å². The number of hydrogen-bond acceptors (Lipinski definition) is 3. The van der Waals surface area contributed by atoms with Gasteiger partial charge >= 0.3 is 0 Å². The lowest BCUT2D eigenvalue weighted by Crippen LogP contribution is -2.32. The molecule has 1 fully saturated rings. The fraction of sp³-hybridized carbons (Fsp3) is 0.429. The van der Waals surface area contributed by atoms with E-state index < -0.39 is 5.60 Å². The van der Waals surface area contributed by atoms with Crippen molar-refractivity contribution in [2.24, 2.45) is 0 Å².